The quantitative estimate of drug-likeness (QED) is 0.187. The predicted octanol–water partition coefficient (Wildman–Crippen LogP) is 4.71. The zero-order chi connectivity index (χ0) is 23.0. The van der Waals surface area contributed by atoms with Crippen molar-refractivity contribution in [2.75, 3.05) is 11.9 Å². The topological polar surface area (TPSA) is 73.4 Å². The highest BCUT2D eigenvalue weighted by atomic mass is 19.4. The van der Waals surface area contributed by atoms with Crippen molar-refractivity contribution in [3.8, 4) is 0 Å². The van der Waals surface area contributed by atoms with Crippen LogP contribution in [-0.2, 0) is 17.5 Å². The number of hydroxylamine groups is 1. The maximum Gasteiger partial charge on any atom is 0.416 e. The van der Waals surface area contributed by atoms with Crippen LogP contribution in [0.4, 0.5) is 23.2 Å². The van der Waals surface area contributed by atoms with Crippen molar-refractivity contribution >= 4 is 11.6 Å². The molecule has 2 rings (SSSR count). The molecule has 0 aliphatic heterocycles. The minimum Gasteiger partial charge on any atom is -0.374 e. The third kappa shape index (κ3) is 7.52. The van der Waals surface area contributed by atoms with Crippen molar-refractivity contribution in [1.82, 2.24) is 10.8 Å². The van der Waals surface area contributed by atoms with E-state index in [9.17, 15) is 22.4 Å². The molecule has 31 heavy (non-hydrogen) atoms. The van der Waals surface area contributed by atoms with Gasteiger partial charge in [-0.2, -0.15) is 13.2 Å². The van der Waals surface area contributed by atoms with Crippen LogP contribution in [0.5, 0.6) is 0 Å². The van der Waals surface area contributed by atoms with Crippen molar-refractivity contribution in [3.63, 3.8) is 0 Å². The third-order valence-electron chi connectivity index (χ3n) is 4.91. The molecule has 0 bridgehead atoms. The van der Waals surface area contributed by atoms with Crippen molar-refractivity contribution in [2.45, 2.75) is 51.9 Å². The average molecular weight is 441 g/mol. The maximum absolute atomic E-state index is 13.8. The monoisotopic (exact) mass is 441 g/mol. The van der Waals surface area contributed by atoms with E-state index in [0.717, 1.165) is 24.1 Å². The first-order valence-electron chi connectivity index (χ1n) is 9.96. The number of benzene rings is 2. The molecule has 0 aromatic heterocycles. The molecule has 5 nitrogen and oxygen atoms in total. The van der Waals surface area contributed by atoms with Gasteiger partial charge in [-0.25, -0.2) is 9.87 Å². The molecule has 1 amide bonds. The van der Waals surface area contributed by atoms with Gasteiger partial charge in [-0.1, -0.05) is 12.1 Å². The molecule has 0 spiro atoms. The largest absolute Gasteiger partial charge is 0.416 e. The minimum atomic E-state index is -4.34. The molecule has 0 saturated heterocycles. The van der Waals surface area contributed by atoms with E-state index >= 15 is 0 Å². The van der Waals surface area contributed by atoms with Crippen LogP contribution in [0.15, 0.2) is 36.4 Å². The zero-order valence-corrected chi connectivity index (χ0v) is 17.4. The average Bonchev–Trinajstić information content (AvgIpc) is 2.72. The van der Waals surface area contributed by atoms with Gasteiger partial charge in [0.05, 0.1) is 5.56 Å². The van der Waals surface area contributed by atoms with Crippen molar-refractivity contribution in [3.05, 3.63) is 64.5 Å². The standard InChI is InChI=1S/C22H27F4N3O2/c1-14-11-18(12-15(2)20(14)23)28-19(21(30)29-31)5-3-4-10-27-13-16-6-8-17(9-7-16)22(24,25)26/h6-9,11-12,19,27-28,31H,3-5,10,13H2,1-2H3,(H,29,30)/t19-/m1/s1. The SMILES string of the molecule is Cc1cc(N[C@H](CCCCNCc2ccc(C(F)(F)F)cc2)C(=O)NO)cc(C)c1F. The van der Waals surface area contributed by atoms with E-state index in [2.05, 4.69) is 10.6 Å². The number of carbonyl (C=O) groups is 1. The molecule has 0 unspecified atom stereocenters. The second kappa shape index (κ2) is 11.1. The Bertz CT molecular complexity index is 847. The van der Waals surface area contributed by atoms with Crippen LogP contribution in [0.3, 0.4) is 0 Å². The predicted molar refractivity (Wildman–Crippen MR) is 110 cm³/mol. The number of amides is 1. The normalized spacial score (nSPS) is 12.5. The molecule has 2 aromatic carbocycles. The third-order valence-corrected chi connectivity index (χ3v) is 4.91. The van der Waals surface area contributed by atoms with Gasteiger partial charge in [-0.15, -0.1) is 0 Å². The zero-order valence-electron chi connectivity index (χ0n) is 17.4. The highest BCUT2D eigenvalue weighted by Gasteiger charge is 2.29. The molecule has 0 heterocycles. The summed E-state index contributed by atoms with van der Waals surface area (Å²) in [4.78, 5) is 12.0. The Labute approximate surface area is 178 Å². The van der Waals surface area contributed by atoms with Gasteiger partial charge in [0, 0.05) is 12.2 Å². The van der Waals surface area contributed by atoms with Crippen molar-refractivity contribution in [2.24, 2.45) is 0 Å². The van der Waals surface area contributed by atoms with Gasteiger partial charge < -0.3 is 10.6 Å². The summed E-state index contributed by atoms with van der Waals surface area (Å²) in [7, 11) is 0. The second-order valence-corrected chi connectivity index (χ2v) is 7.46. The summed E-state index contributed by atoms with van der Waals surface area (Å²) in [6, 6.07) is 7.50. The fourth-order valence-electron chi connectivity index (χ4n) is 3.22. The first kappa shape index (κ1) is 24.6. The number of alkyl halides is 3. The lowest BCUT2D eigenvalue weighted by Gasteiger charge is -2.19. The number of nitrogens with one attached hydrogen (secondary N) is 3. The molecule has 0 aliphatic carbocycles. The lowest BCUT2D eigenvalue weighted by molar-refractivity contribution is -0.137. The summed E-state index contributed by atoms with van der Waals surface area (Å²) < 4.78 is 51.5. The highest BCUT2D eigenvalue weighted by Crippen LogP contribution is 2.29. The van der Waals surface area contributed by atoms with Gasteiger partial charge in [0.25, 0.3) is 5.91 Å². The summed E-state index contributed by atoms with van der Waals surface area (Å²) in [6.45, 7) is 4.32. The van der Waals surface area contributed by atoms with Gasteiger partial charge in [-0.05, 0) is 80.6 Å². The van der Waals surface area contributed by atoms with E-state index in [0.29, 0.717) is 42.7 Å². The molecule has 170 valence electrons. The van der Waals surface area contributed by atoms with E-state index in [1.807, 2.05) is 0 Å². The van der Waals surface area contributed by atoms with E-state index in [-0.39, 0.29) is 5.82 Å². The number of carbonyl (C=O) groups excluding carboxylic acids is 1. The Hall–Kier alpha value is -2.65. The van der Waals surface area contributed by atoms with E-state index < -0.39 is 23.7 Å². The van der Waals surface area contributed by atoms with E-state index in [1.54, 1.807) is 31.5 Å². The lowest BCUT2D eigenvalue weighted by atomic mass is 10.1. The van der Waals surface area contributed by atoms with Crippen LogP contribution in [-0.4, -0.2) is 23.7 Å². The van der Waals surface area contributed by atoms with Crippen LogP contribution < -0.4 is 16.1 Å². The summed E-state index contributed by atoms with van der Waals surface area (Å²) in [5.41, 5.74) is 3.21. The number of hydrogen-bond donors (Lipinski definition) is 4. The molecular weight excluding hydrogens is 414 g/mol. The number of halogens is 4. The number of hydrogen-bond acceptors (Lipinski definition) is 4. The fourth-order valence-corrected chi connectivity index (χ4v) is 3.22. The van der Waals surface area contributed by atoms with Crippen LogP contribution in [0.2, 0.25) is 0 Å². The second-order valence-electron chi connectivity index (χ2n) is 7.46. The molecule has 0 aliphatic rings. The molecule has 0 radical (unpaired) electrons. The van der Waals surface area contributed by atoms with E-state index in [1.165, 1.54) is 12.1 Å². The maximum atomic E-state index is 13.8. The molecule has 0 fully saturated rings. The Kier molecular flexibility index (Phi) is 8.82. The van der Waals surface area contributed by atoms with Crippen LogP contribution in [0, 0.1) is 19.7 Å². The fraction of sp³-hybridized carbons (Fsp3) is 0.409. The Morgan fingerprint density at radius 1 is 1.06 bits per heavy atom. The van der Waals surface area contributed by atoms with Crippen molar-refractivity contribution < 1.29 is 27.6 Å². The Morgan fingerprint density at radius 3 is 2.23 bits per heavy atom. The van der Waals surface area contributed by atoms with Gasteiger partial charge in [0.15, 0.2) is 0 Å². The molecule has 2 aromatic rings. The van der Waals surface area contributed by atoms with Crippen molar-refractivity contribution in [1.29, 1.82) is 0 Å². The van der Waals surface area contributed by atoms with Crippen LogP contribution in [0.1, 0.15) is 41.5 Å². The molecule has 9 heteroatoms. The van der Waals surface area contributed by atoms with Gasteiger partial charge in [-0.3, -0.25) is 10.0 Å². The van der Waals surface area contributed by atoms with E-state index in [4.69, 9.17) is 5.21 Å². The number of aryl methyl sites for hydroxylation is 2. The van der Waals surface area contributed by atoms with Gasteiger partial charge in [0.2, 0.25) is 0 Å². The van der Waals surface area contributed by atoms with Crippen LogP contribution in [0.25, 0.3) is 0 Å². The van der Waals surface area contributed by atoms with Gasteiger partial charge >= 0.3 is 6.18 Å². The Morgan fingerprint density at radius 2 is 1.68 bits per heavy atom. The van der Waals surface area contributed by atoms with Gasteiger partial charge in [0.1, 0.15) is 11.9 Å². The summed E-state index contributed by atoms with van der Waals surface area (Å²) >= 11 is 0. The number of unbranched alkanes of at least 4 members (excludes halogenated alkanes) is 1. The number of rotatable bonds is 10. The molecule has 0 saturated carbocycles. The summed E-state index contributed by atoms with van der Waals surface area (Å²) in [5, 5.41) is 15.2. The summed E-state index contributed by atoms with van der Waals surface area (Å²) in [5.74, 6) is -0.884. The van der Waals surface area contributed by atoms with Crippen LogP contribution >= 0.6 is 0 Å². The minimum absolute atomic E-state index is 0.298. The summed E-state index contributed by atoms with van der Waals surface area (Å²) in [6.07, 6.45) is -2.53. The first-order chi connectivity index (χ1) is 14.6. The number of anilines is 1. The first-order valence-corrected chi connectivity index (χ1v) is 9.96. The Balaban J connectivity index is 1.78. The molecule has 1 atom stereocenters. The highest BCUT2D eigenvalue weighted by molar-refractivity contribution is 5.83. The molecule has 4 N–H and O–H groups in total. The molecular formula is C22H27F4N3O2. The lowest BCUT2D eigenvalue weighted by Crippen LogP contribution is -2.38. The smallest absolute Gasteiger partial charge is 0.374 e.